The van der Waals surface area contributed by atoms with Crippen LogP contribution in [0.1, 0.15) is 33.1 Å². The zero-order valence-electron chi connectivity index (χ0n) is 16.6. The van der Waals surface area contributed by atoms with E-state index in [-0.39, 0.29) is 28.6 Å². The van der Waals surface area contributed by atoms with E-state index in [1.54, 1.807) is 37.3 Å². The summed E-state index contributed by atoms with van der Waals surface area (Å²) in [5.74, 6) is -1.73. The highest BCUT2D eigenvalue weighted by atomic mass is 32.2. The van der Waals surface area contributed by atoms with Crippen molar-refractivity contribution in [3.63, 3.8) is 0 Å². The number of sulfone groups is 1. The summed E-state index contributed by atoms with van der Waals surface area (Å²) >= 11 is 0. The van der Waals surface area contributed by atoms with Crippen molar-refractivity contribution < 1.29 is 27.5 Å². The molecule has 0 bridgehead atoms. The zero-order chi connectivity index (χ0) is 20.9. The third kappa shape index (κ3) is 3.90. The highest BCUT2D eigenvalue weighted by Crippen LogP contribution is 2.45. The maximum absolute atomic E-state index is 13.5. The Morgan fingerprint density at radius 1 is 1.11 bits per heavy atom. The third-order valence-corrected chi connectivity index (χ3v) is 7.12. The minimum absolute atomic E-state index is 0.0533. The summed E-state index contributed by atoms with van der Waals surface area (Å²) in [6.45, 7) is 3.69. The summed E-state index contributed by atoms with van der Waals surface area (Å²) in [6.07, 6.45) is 3.79. The van der Waals surface area contributed by atoms with Gasteiger partial charge in [-0.3, -0.25) is 9.59 Å². The first-order valence-corrected chi connectivity index (χ1v) is 10.6. The molecule has 1 aromatic carbocycles. The van der Waals surface area contributed by atoms with Gasteiger partial charge in [0.1, 0.15) is 0 Å². The van der Waals surface area contributed by atoms with Crippen LogP contribution in [-0.2, 0) is 28.9 Å². The van der Waals surface area contributed by atoms with Crippen molar-refractivity contribution in [2.75, 3.05) is 14.2 Å². The second-order valence-corrected chi connectivity index (χ2v) is 8.85. The van der Waals surface area contributed by atoms with Gasteiger partial charge in [-0.25, -0.2) is 8.42 Å². The molecular weight excluding hydrogens is 380 g/mol. The van der Waals surface area contributed by atoms with Crippen LogP contribution < -0.4 is 0 Å². The molecule has 0 aliphatic heterocycles. The topological polar surface area (TPSA) is 86.7 Å². The number of allylic oxidation sites excluding steroid dienone is 4. The Morgan fingerprint density at radius 2 is 1.68 bits per heavy atom. The van der Waals surface area contributed by atoms with E-state index in [1.807, 2.05) is 6.92 Å². The monoisotopic (exact) mass is 406 g/mol. The van der Waals surface area contributed by atoms with Crippen LogP contribution in [0, 0.1) is 11.3 Å². The van der Waals surface area contributed by atoms with Gasteiger partial charge in [-0.15, -0.1) is 0 Å². The molecule has 0 radical (unpaired) electrons. The van der Waals surface area contributed by atoms with Crippen molar-refractivity contribution in [3.8, 4) is 0 Å². The Morgan fingerprint density at radius 3 is 2.18 bits per heavy atom. The predicted molar refractivity (Wildman–Crippen MR) is 105 cm³/mol. The number of hydrogen-bond donors (Lipinski definition) is 0. The molecule has 0 heterocycles. The van der Waals surface area contributed by atoms with Gasteiger partial charge in [-0.1, -0.05) is 37.3 Å². The van der Waals surface area contributed by atoms with Gasteiger partial charge in [0, 0.05) is 6.42 Å². The lowest BCUT2D eigenvalue weighted by Crippen LogP contribution is -2.42. The van der Waals surface area contributed by atoms with Gasteiger partial charge in [0.2, 0.25) is 9.84 Å². The second kappa shape index (κ2) is 8.73. The average molecular weight is 407 g/mol. The molecular formula is C21H26O6S. The fraction of sp³-hybridized carbons (Fsp3) is 0.429. The molecule has 1 unspecified atom stereocenters. The van der Waals surface area contributed by atoms with Crippen LogP contribution in [0.25, 0.3) is 0 Å². The minimum Gasteiger partial charge on any atom is -0.468 e. The molecule has 1 aliphatic rings. The summed E-state index contributed by atoms with van der Waals surface area (Å²) in [5.41, 5.74) is -1.10. The molecule has 0 amide bonds. The zero-order valence-corrected chi connectivity index (χ0v) is 17.4. The van der Waals surface area contributed by atoms with Crippen molar-refractivity contribution in [1.82, 2.24) is 0 Å². The van der Waals surface area contributed by atoms with Gasteiger partial charge in [0.15, 0.2) is 5.41 Å². The summed E-state index contributed by atoms with van der Waals surface area (Å²) in [7, 11) is -1.56. The molecule has 2 rings (SSSR count). The Labute approximate surface area is 166 Å². The lowest BCUT2D eigenvalue weighted by atomic mass is 9.80. The lowest BCUT2D eigenvalue weighted by molar-refractivity contribution is -0.169. The summed E-state index contributed by atoms with van der Waals surface area (Å²) in [6, 6.07) is 8.00. The van der Waals surface area contributed by atoms with Crippen LogP contribution in [0.5, 0.6) is 0 Å². The standard InChI is InChI=1S/C21H26O6S/c1-5-9-17-15(2)12-13-21(19(22)26-3,20(23)27-4)14-18(17)28(24,25)16-10-7-6-8-11-16/h5-11,15H,12-14H2,1-4H3/b9-5+. The van der Waals surface area contributed by atoms with Crippen molar-refractivity contribution in [2.24, 2.45) is 11.3 Å². The van der Waals surface area contributed by atoms with E-state index in [9.17, 15) is 18.0 Å². The van der Waals surface area contributed by atoms with E-state index in [0.717, 1.165) is 0 Å². The summed E-state index contributed by atoms with van der Waals surface area (Å²) < 4.78 is 36.8. The largest absolute Gasteiger partial charge is 0.468 e. The van der Waals surface area contributed by atoms with Gasteiger partial charge in [0.25, 0.3) is 0 Å². The number of carbonyl (C=O) groups is 2. The first kappa shape index (κ1) is 21.9. The molecule has 0 saturated carbocycles. The van der Waals surface area contributed by atoms with Gasteiger partial charge in [0.05, 0.1) is 24.0 Å². The van der Waals surface area contributed by atoms with Crippen molar-refractivity contribution >= 4 is 21.8 Å². The number of methoxy groups -OCH3 is 2. The molecule has 0 spiro atoms. The molecule has 1 aromatic rings. The van der Waals surface area contributed by atoms with E-state index in [0.29, 0.717) is 12.0 Å². The molecule has 6 nitrogen and oxygen atoms in total. The molecule has 0 saturated heterocycles. The highest BCUT2D eigenvalue weighted by molar-refractivity contribution is 7.95. The van der Waals surface area contributed by atoms with Gasteiger partial charge < -0.3 is 9.47 Å². The van der Waals surface area contributed by atoms with Crippen LogP contribution in [0.4, 0.5) is 0 Å². The number of hydrogen-bond acceptors (Lipinski definition) is 6. The van der Waals surface area contributed by atoms with Gasteiger partial charge in [-0.05, 0) is 43.4 Å². The van der Waals surface area contributed by atoms with E-state index in [4.69, 9.17) is 9.47 Å². The highest BCUT2D eigenvalue weighted by Gasteiger charge is 2.52. The Hall–Kier alpha value is -2.41. The van der Waals surface area contributed by atoms with Crippen LogP contribution in [0.2, 0.25) is 0 Å². The quantitative estimate of drug-likeness (QED) is 0.550. The minimum atomic E-state index is -3.93. The first-order valence-electron chi connectivity index (χ1n) is 9.07. The van der Waals surface area contributed by atoms with Crippen molar-refractivity contribution in [3.05, 3.63) is 53.0 Å². The first-order chi connectivity index (χ1) is 13.2. The predicted octanol–water partition coefficient (Wildman–Crippen LogP) is 3.44. The molecule has 1 aliphatic carbocycles. The molecule has 0 fully saturated rings. The third-order valence-electron chi connectivity index (χ3n) is 5.20. The fourth-order valence-corrected chi connectivity index (χ4v) is 5.43. The van der Waals surface area contributed by atoms with Crippen LogP contribution in [0.15, 0.2) is 57.9 Å². The molecule has 0 N–H and O–H groups in total. The van der Waals surface area contributed by atoms with E-state index in [2.05, 4.69) is 0 Å². The molecule has 0 aromatic heterocycles. The van der Waals surface area contributed by atoms with Gasteiger partial charge >= 0.3 is 11.9 Å². The average Bonchev–Trinajstić information content (AvgIpc) is 2.86. The molecule has 7 heteroatoms. The number of rotatable bonds is 5. The number of esters is 2. The van der Waals surface area contributed by atoms with E-state index < -0.39 is 27.2 Å². The maximum Gasteiger partial charge on any atom is 0.323 e. The van der Waals surface area contributed by atoms with Crippen molar-refractivity contribution in [1.29, 1.82) is 0 Å². The lowest BCUT2D eigenvalue weighted by Gasteiger charge is -2.27. The maximum atomic E-state index is 13.5. The van der Waals surface area contributed by atoms with E-state index in [1.165, 1.54) is 26.4 Å². The molecule has 28 heavy (non-hydrogen) atoms. The number of carbonyl (C=O) groups excluding carboxylic acids is 2. The number of benzene rings is 1. The van der Waals surface area contributed by atoms with Crippen molar-refractivity contribution in [2.45, 2.75) is 38.0 Å². The molecule has 1 atom stereocenters. The van der Waals surface area contributed by atoms with Gasteiger partial charge in [-0.2, -0.15) is 0 Å². The molecule has 152 valence electrons. The Kier molecular flexibility index (Phi) is 6.82. The number of ether oxygens (including phenoxy) is 2. The van der Waals surface area contributed by atoms with Crippen LogP contribution in [0.3, 0.4) is 0 Å². The Bertz CT molecular complexity index is 880. The summed E-state index contributed by atoms with van der Waals surface area (Å²) in [4.78, 5) is 25.5. The second-order valence-electron chi connectivity index (χ2n) is 6.88. The smallest absolute Gasteiger partial charge is 0.323 e. The SMILES string of the molecule is C/C=C/C1=C(S(=O)(=O)c2ccccc2)CC(C(=O)OC)(C(=O)OC)CCC1C. The Balaban J connectivity index is 2.79. The normalized spacial score (nSPS) is 19.9. The van der Waals surface area contributed by atoms with E-state index >= 15 is 0 Å². The summed E-state index contributed by atoms with van der Waals surface area (Å²) in [5, 5.41) is 0. The van der Waals surface area contributed by atoms with Crippen LogP contribution in [-0.4, -0.2) is 34.6 Å². The van der Waals surface area contributed by atoms with Crippen LogP contribution >= 0.6 is 0 Å². The fourth-order valence-electron chi connectivity index (χ4n) is 3.61.